The Morgan fingerprint density at radius 1 is 0.941 bits per heavy atom. The molecule has 0 radical (unpaired) electrons. The fourth-order valence-corrected chi connectivity index (χ4v) is 2.47. The van der Waals surface area contributed by atoms with Crippen LogP contribution in [-0.2, 0) is 9.59 Å². The fraction of sp³-hybridized carbons (Fsp3) is 0.857. The van der Waals surface area contributed by atoms with Gasteiger partial charge in [0.1, 0.15) is 0 Å². The molecule has 1 aliphatic heterocycles. The van der Waals surface area contributed by atoms with Gasteiger partial charge in [0.2, 0.25) is 11.8 Å². The number of carbonyl (C=O) groups is 2. The van der Waals surface area contributed by atoms with Crippen molar-refractivity contribution in [3.05, 3.63) is 0 Å². The first-order chi connectivity index (χ1) is 7.70. The third kappa shape index (κ3) is 5.33. The Morgan fingerprint density at radius 2 is 1.29 bits per heavy atom. The molecule has 98 valence electrons. The van der Waals surface area contributed by atoms with Gasteiger partial charge in [-0.15, -0.1) is 0 Å². The summed E-state index contributed by atoms with van der Waals surface area (Å²) < 4.78 is 0. The monoisotopic (exact) mass is 239 g/mol. The lowest BCUT2D eigenvalue weighted by atomic mass is 9.77. The molecule has 0 bridgehead atoms. The average molecular weight is 239 g/mol. The summed E-state index contributed by atoms with van der Waals surface area (Å²) in [7, 11) is 0. The molecule has 0 aromatic rings. The minimum atomic E-state index is -0.0758. The molecule has 0 unspecified atom stereocenters. The summed E-state index contributed by atoms with van der Waals surface area (Å²) in [5, 5.41) is 2.35. The van der Waals surface area contributed by atoms with Crippen LogP contribution in [0, 0.1) is 10.8 Å². The van der Waals surface area contributed by atoms with Crippen LogP contribution < -0.4 is 5.32 Å². The second kappa shape index (κ2) is 5.19. The molecule has 3 nitrogen and oxygen atoms in total. The lowest BCUT2D eigenvalue weighted by Gasteiger charge is -2.31. The summed E-state index contributed by atoms with van der Waals surface area (Å²) in [6.45, 7) is 8.75. The van der Waals surface area contributed by atoms with Crippen molar-refractivity contribution in [3.63, 3.8) is 0 Å². The first-order valence-electron chi connectivity index (χ1n) is 6.53. The smallest absolute Gasteiger partial charge is 0.227 e. The van der Waals surface area contributed by atoms with Gasteiger partial charge in [0, 0.05) is 12.8 Å². The fourth-order valence-electron chi connectivity index (χ4n) is 2.47. The van der Waals surface area contributed by atoms with E-state index >= 15 is 0 Å². The number of nitrogens with one attached hydrogen (secondary N) is 1. The zero-order valence-electron chi connectivity index (χ0n) is 11.6. The lowest BCUT2D eigenvalue weighted by Crippen LogP contribution is -2.43. The quantitative estimate of drug-likeness (QED) is 0.660. The van der Waals surface area contributed by atoms with E-state index in [0.29, 0.717) is 18.3 Å². The molecule has 0 aromatic heterocycles. The molecular formula is C14H25NO2. The van der Waals surface area contributed by atoms with Crippen LogP contribution in [0.3, 0.4) is 0 Å². The highest BCUT2D eigenvalue weighted by atomic mass is 16.2. The van der Waals surface area contributed by atoms with Crippen LogP contribution in [0.5, 0.6) is 0 Å². The predicted molar refractivity (Wildman–Crippen MR) is 68.4 cm³/mol. The number of carbonyl (C=O) groups excluding carboxylic acids is 2. The van der Waals surface area contributed by atoms with Crippen molar-refractivity contribution in [2.24, 2.45) is 10.8 Å². The van der Waals surface area contributed by atoms with E-state index in [1.807, 2.05) is 0 Å². The number of amides is 2. The predicted octanol–water partition coefficient (Wildman–Crippen LogP) is 3.04. The Hall–Kier alpha value is -0.860. The molecule has 2 aliphatic rings. The van der Waals surface area contributed by atoms with Gasteiger partial charge in [0.05, 0.1) is 0 Å². The summed E-state index contributed by atoms with van der Waals surface area (Å²) in [6, 6.07) is 0. The van der Waals surface area contributed by atoms with Gasteiger partial charge in [-0.1, -0.05) is 40.5 Å². The highest BCUT2D eigenvalue weighted by molar-refractivity contribution is 5.98. The Morgan fingerprint density at radius 3 is 1.65 bits per heavy atom. The number of imide groups is 1. The van der Waals surface area contributed by atoms with Crippen molar-refractivity contribution in [2.45, 2.75) is 66.2 Å². The zero-order valence-corrected chi connectivity index (χ0v) is 11.6. The van der Waals surface area contributed by atoms with Crippen LogP contribution in [0.1, 0.15) is 66.2 Å². The molecule has 2 rings (SSSR count). The van der Waals surface area contributed by atoms with Gasteiger partial charge in [-0.2, -0.15) is 0 Å². The van der Waals surface area contributed by atoms with E-state index in [4.69, 9.17) is 0 Å². The average Bonchev–Trinajstić information content (AvgIpc) is 2.46. The SMILES string of the molecule is CC(C)(C)C.O=C1CC2(CCCC2)CC(=O)N1. The topological polar surface area (TPSA) is 46.2 Å². The standard InChI is InChI=1S/C9H13NO2.C5H12/c11-7-5-9(3-1-2-4-9)6-8(12)10-7;1-5(2,3)4/h1-6H2,(H,10,11,12);1-4H3. The van der Waals surface area contributed by atoms with Crippen LogP contribution in [-0.4, -0.2) is 11.8 Å². The summed E-state index contributed by atoms with van der Waals surface area (Å²) in [4.78, 5) is 22.2. The second-order valence-electron chi connectivity index (χ2n) is 7.03. The van der Waals surface area contributed by atoms with Gasteiger partial charge in [-0.3, -0.25) is 14.9 Å². The van der Waals surface area contributed by atoms with E-state index in [-0.39, 0.29) is 17.2 Å². The number of rotatable bonds is 0. The summed E-state index contributed by atoms with van der Waals surface area (Å²) in [5.74, 6) is -0.152. The molecule has 1 spiro atoms. The maximum atomic E-state index is 11.1. The molecule has 0 aromatic carbocycles. The first-order valence-corrected chi connectivity index (χ1v) is 6.53. The first kappa shape index (κ1) is 14.2. The van der Waals surface area contributed by atoms with Crippen LogP contribution in [0.4, 0.5) is 0 Å². The van der Waals surface area contributed by atoms with Crippen LogP contribution in [0.2, 0.25) is 0 Å². The van der Waals surface area contributed by atoms with E-state index in [9.17, 15) is 9.59 Å². The highest BCUT2D eigenvalue weighted by Gasteiger charge is 2.41. The molecule has 17 heavy (non-hydrogen) atoms. The number of hydrogen-bond acceptors (Lipinski definition) is 2. The Kier molecular flexibility index (Phi) is 4.34. The Bertz CT molecular complexity index is 272. The molecule has 0 atom stereocenters. The molecule has 1 saturated heterocycles. The van der Waals surface area contributed by atoms with Crippen molar-refractivity contribution in [2.75, 3.05) is 0 Å². The maximum Gasteiger partial charge on any atom is 0.227 e. The van der Waals surface area contributed by atoms with Gasteiger partial charge in [-0.25, -0.2) is 0 Å². The third-order valence-electron chi connectivity index (χ3n) is 3.01. The molecule has 1 aliphatic carbocycles. The van der Waals surface area contributed by atoms with Crippen LogP contribution in [0.15, 0.2) is 0 Å². The molecular weight excluding hydrogens is 214 g/mol. The summed E-state index contributed by atoms with van der Waals surface area (Å²) in [5.41, 5.74) is 0.555. The second-order valence-corrected chi connectivity index (χ2v) is 7.03. The third-order valence-corrected chi connectivity index (χ3v) is 3.01. The van der Waals surface area contributed by atoms with Gasteiger partial charge < -0.3 is 0 Å². The summed E-state index contributed by atoms with van der Waals surface area (Å²) >= 11 is 0. The lowest BCUT2D eigenvalue weighted by molar-refractivity contribution is -0.137. The normalized spacial score (nSPS) is 23.1. The molecule has 1 saturated carbocycles. The largest absolute Gasteiger partial charge is 0.296 e. The summed E-state index contributed by atoms with van der Waals surface area (Å²) in [6.07, 6.45) is 5.62. The minimum absolute atomic E-state index is 0.0550. The maximum absolute atomic E-state index is 11.1. The van der Waals surface area contributed by atoms with Crippen molar-refractivity contribution in [1.29, 1.82) is 0 Å². The van der Waals surface area contributed by atoms with Crippen LogP contribution >= 0.6 is 0 Å². The van der Waals surface area contributed by atoms with E-state index < -0.39 is 0 Å². The molecule has 2 amide bonds. The van der Waals surface area contributed by atoms with Crippen LogP contribution in [0.25, 0.3) is 0 Å². The van der Waals surface area contributed by atoms with E-state index in [1.165, 1.54) is 12.8 Å². The minimum Gasteiger partial charge on any atom is -0.296 e. The van der Waals surface area contributed by atoms with E-state index in [2.05, 4.69) is 33.0 Å². The highest BCUT2D eigenvalue weighted by Crippen LogP contribution is 2.45. The van der Waals surface area contributed by atoms with Gasteiger partial charge >= 0.3 is 0 Å². The molecule has 1 N–H and O–H groups in total. The van der Waals surface area contributed by atoms with Crippen molar-refractivity contribution in [3.8, 4) is 0 Å². The Balaban J connectivity index is 0.000000249. The van der Waals surface area contributed by atoms with E-state index in [0.717, 1.165) is 12.8 Å². The van der Waals surface area contributed by atoms with Crippen molar-refractivity contribution < 1.29 is 9.59 Å². The zero-order chi connectivity index (χ0) is 13.1. The molecule has 3 heteroatoms. The van der Waals surface area contributed by atoms with Gasteiger partial charge in [-0.05, 0) is 23.7 Å². The molecule has 2 fully saturated rings. The molecule has 1 heterocycles. The van der Waals surface area contributed by atoms with Gasteiger partial charge in [0.25, 0.3) is 0 Å². The number of piperidine rings is 1. The van der Waals surface area contributed by atoms with E-state index in [1.54, 1.807) is 0 Å². The van der Waals surface area contributed by atoms with Gasteiger partial charge in [0.15, 0.2) is 0 Å². The number of hydrogen-bond donors (Lipinski definition) is 1. The van der Waals surface area contributed by atoms with Crippen molar-refractivity contribution >= 4 is 11.8 Å². The Labute approximate surface area is 104 Å². The van der Waals surface area contributed by atoms with Crippen molar-refractivity contribution in [1.82, 2.24) is 5.32 Å².